The average molecular weight is 350 g/mol. The lowest BCUT2D eigenvalue weighted by molar-refractivity contribution is -0.0304. The zero-order valence-corrected chi connectivity index (χ0v) is 14.9. The highest BCUT2D eigenvalue weighted by atomic mass is 19.3. The molecule has 0 radical (unpaired) electrons. The van der Waals surface area contributed by atoms with Gasteiger partial charge in [0.2, 0.25) is 0 Å². The quantitative estimate of drug-likeness (QED) is 0.902. The van der Waals surface area contributed by atoms with Gasteiger partial charge in [-0.25, -0.2) is 13.8 Å². The summed E-state index contributed by atoms with van der Waals surface area (Å²) in [7, 11) is 0. The predicted molar refractivity (Wildman–Crippen MR) is 92.2 cm³/mol. The van der Waals surface area contributed by atoms with E-state index in [2.05, 4.69) is 10.3 Å². The lowest BCUT2D eigenvalue weighted by atomic mass is 10.2. The van der Waals surface area contributed by atoms with Gasteiger partial charge in [0.05, 0.1) is 12.1 Å². The van der Waals surface area contributed by atoms with Gasteiger partial charge in [-0.3, -0.25) is 9.69 Å². The average Bonchev–Trinajstić information content (AvgIpc) is 3.13. The summed E-state index contributed by atoms with van der Waals surface area (Å²) in [6.45, 7) is 6.14. The van der Waals surface area contributed by atoms with Crippen molar-refractivity contribution in [3.8, 4) is 0 Å². The van der Waals surface area contributed by atoms with Crippen LogP contribution in [0.5, 0.6) is 0 Å². The van der Waals surface area contributed by atoms with Gasteiger partial charge in [0.15, 0.2) is 0 Å². The summed E-state index contributed by atoms with van der Waals surface area (Å²) in [4.78, 5) is 18.8. The van der Waals surface area contributed by atoms with E-state index >= 15 is 0 Å². The molecular formula is C18H24F2N4O. The molecule has 1 aliphatic rings. The Bertz CT molecular complexity index is 787. The van der Waals surface area contributed by atoms with Crippen molar-refractivity contribution in [2.24, 2.45) is 0 Å². The van der Waals surface area contributed by atoms with Crippen LogP contribution in [0.2, 0.25) is 0 Å². The van der Waals surface area contributed by atoms with Crippen molar-refractivity contribution in [2.75, 3.05) is 19.6 Å². The second kappa shape index (κ2) is 6.71. The highest BCUT2D eigenvalue weighted by molar-refractivity contribution is 6.00. The number of amides is 1. The molecule has 25 heavy (non-hydrogen) atoms. The third-order valence-corrected chi connectivity index (χ3v) is 4.76. The molecule has 1 N–H and O–H groups in total. The number of nitrogens with zero attached hydrogens (tertiary/aromatic N) is 3. The van der Waals surface area contributed by atoms with Crippen molar-refractivity contribution >= 4 is 11.6 Å². The smallest absolute Gasteiger partial charge is 0.260 e. The van der Waals surface area contributed by atoms with Crippen molar-refractivity contribution in [1.82, 2.24) is 19.6 Å². The Kier molecular flexibility index (Phi) is 4.77. The fraction of sp³-hybridized carbons (Fsp3) is 0.556. The van der Waals surface area contributed by atoms with Crippen LogP contribution in [0.15, 0.2) is 18.3 Å². The Hall–Kier alpha value is -2.02. The van der Waals surface area contributed by atoms with Crippen LogP contribution in [-0.4, -0.2) is 51.8 Å². The number of alkyl halides is 2. The van der Waals surface area contributed by atoms with Gasteiger partial charge in [0.1, 0.15) is 5.65 Å². The predicted octanol–water partition coefficient (Wildman–Crippen LogP) is 2.80. The van der Waals surface area contributed by atoms with E-state index in [0.717, 1.165) is 11.4 Å². The number of likely N-dealkylation sites (tertiary alicyclic amines) is 1. The number of halogens is 2. The SMILES string of the molecule is CCC(F)(F)CN1CC[C@H](NC(=O)c2ccn3c(C)cc(C)nc23)C1. The molecule has 0 bridgehead atoms. The van der Waals surface area contributed by atoms with Gasteiger partial charge in [-0.05, 0) is 32.4 Å². The van der Waals surface area contributed by atoms with Gasteiger partial charge in [-0.2, -0.15) is 0 Å². The summed E-state index contributed by atoms with van der Waals surface area (Å²) < 4.78 is 28.9. The Morgan fingerprint density at radius 2 is 2.20 bits per heavy atom. The van der Waals surface area contributed by atoms with Crippen LogP contribution in [0.25, 0.3) is 5.65 Å². The van der Waals surface area contributed by atoms with E-state index in [1.807, 2.05) is 30.5 Å². The van der Waals surface area contributed by atoms with E-state index in [1.165, 1.54) is 6.92 Å². The van der Waals surface area contributed by atoms with Gasteiger partial charge in [0.25, 0.3) is 11.8 Å². The monoisotopic (exact) mass is 350 g/mol. The summed E-state index contributed by atoms with van der Waals surface area (Å²) in [5.41, 5.74) is 3.01. The molecule has 0 saturated carbocycles. The first-order chi connectivity index (χ1) is 11.8. The van der Waals surface area contributed by atoms with E-state index in [9.17, 15) is 13.6 Å². The first kappa shape index (κ1) is 17.8. The van der Waals surface area contributed by atoms with Crippen LogP contribution in [0.3, 0.4) is 0 Å². The van der Waals surface area contributed by atoms with Crippen LogP contribution in [-0.2, 0) is 0 Å². The molecule has 2 aromatic rings. The molecule has 136 valence electrons. The van der Waals surface area contributed by atoms with Crippen LogP contribution < -0.4 is 5.32 Å². The summed E-state index contributed by atoms with van der Waals surface area (Å²) in [5.74, 6) is -2.87. The second-order valence-corrected chi connectivity index (χ2v) is 6.87. The molecule has 5 nitrogen and oxygen atoms in total. The molecule has 3 rings (SSSR count). The number of fused-ring (bicyclic) bond motifs is 1. The maximum Gasteiger partial charge on any atom is 0.260 e. The first-order valence-electron chi connectivity index (χ1n) is 8.65. The maximum atomic E-state index is 13.5. The van der Waals surface area contributed by atoms with Crippen molar-refractivity contribution in [3.05, 3.63) is 35.3 Å². The largest absolute Gasteiger partial charge is 0.348 e. The molecule has 1 saturated heterocycles. The molecule has 0 aromatic carbocycles. The number of nitrogens with one attached hydrogen (secondary N) is 1. The summed E-state index contributed by atoms with van der Waals surface area (Å²) in [5, 5.41) is 2.97. The van der Waals surface area contributed by atoms with Crippen LogP contribution in [0, 0.1) is 13.8 Å². The third kappa shape index (κ3) is 3.81. The van der Waals surface area contributed by atoms with Gasteiger partial charge < -0.3 is 9.72 Å². The zero-order chi connectivity index (χ0) is 18.2. The lowest BCUT2D eigenvalue weighted by Gasteiger charge is -2.22. The first-order valence-corrected chi connectivity index (χ1v) is 8.65. The van der Waals surface area contributed by atoms with Crippen molar-refractivity contribution in [2.45, 2.75) is 45.6 Å². The number of hydrogen-bond acceptors (Lipinski definition) is 3. The Balaban J connectivity index is 1.68. The number of aromatic nitrogens is 2. The molecule has 0 spiro atoms. The molecular weight excluding hydrogens is 326 g/mol. The number of carbonyl (C=O) groups excluding carboxylic acids is 1. The van der Waals surface area contributed by atoms with Crippen molar-refractivity contribution in [3.63, 3.8) is 0 Å². The Labute approximate surface area is 146 Å². The Morgan fingerprint density at radius 1 is 1.44 bits per heavy atom. The zero-order valence-electron chi connectivity index (χ0n) is 14.9. The molecule has 1 fully saturated rings. The van der Waals surface area contributed by atoms with Crippen molar-refractivity contribution in [1.29, 1.82) is 0 Å². The number of hydrogen-bond donors (Lipinski definition) is 1. The molecule has 1 atom stereocenters. The minimum atomic E-state index is -2.67. The van der Waals surface area contributed by atoms with Crippen LogP contribution in [0.1, 0.15) is 41.5 Å². The van der Waals surface area contributed by atoms with E-state index < -0.39 is 5.92 Å². The standard InChI is InChI=1S/C18H24F2N4O/c1-4-18(19,20)11-23-7-5-14(10-23)22-17(25)15-6-8-24-13(3)9-12(2)21-16(15)24/h6,8-9,14H,4-5,7,10-11H2,1-3H3,(H,22,25)/t14-/m0/s1. The van der Waals surface area contributed by atoms with Gasteiger partial charge in [0, 0.05) is 43.1 Å². The van der Waals surface area contributed by atoms with Crippen LogP contribution in [0.4, 0.5) is 8.78 Å². The van der Waals surface area contributed by atoms with E-state index in [-0.39, 0.29) is 24.9 Å². The van der Waals surface area contributed by atoms with Gasteiger partial charge in [-0.15, -0.1) is 0 Å². The van der Waals surface area contributed by atoms with Gasteiger partial charge >= 0.3 is 0 Å². The fourth-order valence-electron chi connectivity index (χ4n) is 3.37. The summed E-state index contributed by atoms with van der Waals surface area (Å²) >= 11 is 0. The number of carbonyl (C=O) groups is 1. The highest BCUT2D eigenvalue weighted by Crippen LogP contribution is 2.22. The molecule has 0 unspecified atom stereocenters. The van der Waals surface area contributed by atoms with E-state index in [4.69, 9.17) is 0 Å². The van der Waals surface area contributed by atoms with Crippen molar-refractivity contribution < 1.29 is 13.6 Å². The molecule has 3 heterocycles. The topological polar surface area (TPSA) is 49.6 Å². The highest BCUT2D eigenvalue weighted by Gasteiger charge is 2.33. The summed E-state index contributed by atoms with van der Waals surface area (Å²) in [6, 6.07) is 3.60. The molecule has 7 heteroatoms. The molecule has 1 aliphatic heterocycles. The molecule has 0 aliphatic carbocycles. The van der Waals surface area contributed by atoms with E-state index in [0.29, 0.717) is 30.7 Å². The van der Waals surface area contributed by atoms with Crippen LogP contribution >= 0.6 is 0 Å². The van der Waals surface area contributed by atoms with E-state index in [1.54, 1.807) is 11.0 Å². The van der Waals surface area contributed by atoms with Gasteiger partial charge in [-0.1, -0.05) is 6.92 Å². The Morgan fingerprint density at radius 3 is 2.92 bits per heavy atom. The summed E-state index contributed by atoms with van der Waals surface area (Å²) in [6.07, 6.45) is 2.35. The minimum absolute atomic E-state index is 0.110. The third-order valence-electron chi connectivity index (χ3n) is 4.76. The number of rotatable bonds is 5. The second-order valence-electron chi connectivity index (χ2n) is 6.87. The fourth-order valence-corrected chi connectivity index (χ4v) is 3.37. The number of aryl methyl sites for hydroxylation is 2. The molecule has 1 amide bonds. The molecule has 2 aromatic heterocycles. The normalized spacial score (nSPS) is 18.8. The lowest BCUT2D eigenvalue weighted by Crippen LogP contribution is -2.40. The minimum Gasteiger partial charge on any atom is -0.348 e. The maximum absolute atomic E-state index is 13.5.